The monoisotopic (exact) mass is 410 g/mol. The van der Waals surface area contributed by atoms with Gasteiger partial charge in [-0.3, -0.25) is 0 Å². The van der Waals surface area contributed by atoms with Gasteiger partial charge in [0.1, 0.15) is 0 Å². The summed E-state index contributed by atoms with van der Waals surface area (Å²) in [6.07, 6.45) is 1.99. The van der Waals surface area contributed by atoms with E-state index < -0.39 is 0 Å². The lowest BCUT2D eigenvalue weighted by Gasteiger charge is -2.14. The first-order valence-corrected chi connectivity index (χ1v) is 11.0. The minimum atomic E-state index is 0.157. The smallest absolute Gasteiger partial charge is 0.195 e. The minimum absolute atomic E-state index is 0.157. The van der Waals surface area contributed by atoms with Crippen LogP contribution < -0.4 is 4.90 Å². The van der Waals surface area contributed by atoms with Crippen LogP contribution in [0.15, 0.2) is 36.4 Å². The van der Waals surface area contributed by atoms with E-state index >= 15 is 0 Å². The number of hydrogen-bond donors (Lipinski definition) is 1. The molecule has 3 nitrogen and oxygen atoms in total. The molecule has 1 N–H and O–H groups in total. The first-order chi connectivity index (χ1) is 13.1. The molecule has 4 rings (SSSR count). The zero-order chi connectivity index (χ0) is 19.0. The second kappa shape index (κ2) is 7.45. The Morgan fingerprint density at radius 1 is 1.11 bits per heavy atom. The molecule has 0 aliphatic carbocycles. The summed E-state index contributed by atoms with van der Waals surface area (Å²) in [6, 6.07) is 12.5. The number of thiophene rings is 3. The van der Waals surface area contributed by atoms with Gasteiger partial charge in [-0.05, 0) is 30.7 Å². The summed E-state index contributed by atoms with van der Waals surface area (Å²) in [7, 11) is 2.01. The van der Waals surface area contributed by atoms with Gasteiger partial charge in [0.2, 0.25) is 0 Å². The molecule has 0 unspecified atom stereocenters. The lowest BCUT2D eigenvalue weighted by Crippen LogP contribution is -2.19. The van der Waals surface area contributed by atoms with Crippen LogP contribution in [0.25, 0.3) is 35.4 Å². The molecule has 0 saturated heterocycles. The standard InChI is InChI=1S/C21H18N2OS3/c1-13-4-6-14(7-5-13)16(22-2)10-15-11-17-20(25-15)21-18(26-17)12-19(27-21)23(3)8-9-24/h4-7,10-12,24H,8-9H2,1,3H3/b16-10-. The fraction of sp³-hybridized carbons (Fsp3) is 0.190. The van der Waals surface area contributed by atoms with Crippen molar-refractivity contribution in [2.75, 3.05) is 25.1 Å². The van der Waals surface area contributed by atoms with Gasteiger partial charge in [-0.1, -0.05) is 29.8 Å². The van der Waals surface area contributed by atoms with Crippen molar-refractivity contribution < 1.29 is 5.11 Å². The highest BCUT2D eigenvalue weighted by Crippen LogP contribution is 2.46. The molecule has 136 valence electrons. The van der Waals surface area contributed by atoms with Crippen LogP contribution in [0.2, 0.25) is 0 Å². The predicted molar refractivity (Wildman–Crippen MR) is 121 cm³/mol. The van der Waals surface area contributed by atoms with Crippen LogP contribution in [0.4, 0.5) is 5.00 Å². The number of aryl methyl sites for hydroxylation is 1. The van der Waals surface area contributed by atoms with Gasteiger partial charge < -0.3 is 10.0 Å². The molecule has 6 heteroatoms. The molecule has 0 radical (unpaired) electrons. The highest BCUT2D eigenvalue weighted by atomic mass is 32.1. The highest BCUT2D eigenvalue weighted by molar-refractivity contribution is 7.39. The number of nitrogens with zero attached hydrogens (tertiary/aromatic N) is 2. The van der Waals surface area contributed by atoms with Crippen LogP contribution in [0, 0.1) is 13.5 Å². The van der Waals surface area contributed by atoms with Crippen molar-refractivity contribution in [2.24, 2.45) is 0 Å². The van der Waals surface area contributed by atoms with Crippen molar-refractivity contribution in [3.05, 3.63) is 63.8 Å². The van der Waals surface area contributed by atoms with Gasteiger partial charge in [0.25, 0.3) is 0 Å². The Morgan fingerprint density at radius 2 is 1.81 bits per heavy atom. The third-order valence-corrected chi connectivity index (χ3v) is 8.22. The van der Waals surface area contributed by atoms with E-state index in [1.807, 2.05) is 37.4 Å². The van der Waals surface area contributed by atoms with Crippen LogP contribution in [0.1, 0.15) is 16.0 Å². The number of anilines is 1. The number of aliphatic hydroxyl groups excluding tert-OH is 1. The van der Waals surface area contributed by atoms with Gasteiger partial charge in [0.05, 0.1) is 27.6 Å². The summed E-state index contributed by atoms with van der Waals surface area (Å²) < 4.78 is 5.17. The van der Waals surface area contributed by atoms with E-state index in [4.69, 9.17) is 11.7 Å². The number of rotatable bonds is 5. The van der Waals surface area contributed by atoms with Crippen molar-refractivity contribution in [2.45, 2.75) is 6.92 Å². The van der Waals surface area contributed by atoms with E-state index in [0.29, 0.717) is 12.2 Å². The lowest BCUT2D eigenvalue weighted by atomic mass is 10.1. The third-order valence-electron chi connectivity index (χ3n) is 4.39. The maximum absolute atomic E-state index is 9.15. The second-order valence-electron chi connectivity index (χ2n) is 6.37. The van der Waals surface area contributed by atoms with Crippen LogP contribution >= 0.6 is 34.0 Å². The van der Waals surface area contributed by atoms with Gasteiger partial charge in [0.15, 0.2) is 5.70 Å². The van der Waals surface area contributed by atoms with Gasteiger partial charge in [0, 0.05) is 27.9 Å². The topological polar surface area (TPSA) is 27.8 Å². The SMILES string of the molecule is [C-]#[N+]/C(=C\c1cc2sc3cc(N(C)CCO)sc3c2s1)c1ccc(C)cc1. The molecule has 0 aliphatic heterocycles. The molecule has 0 bridgehead atoms. The molecule has 0 aliphatic rings. The first-order valence-electron chi connectivity index (χ1n) is 8.53. The highest BCUT2D eigenvalue weighted by Gasteiger charge is 2.14. The molecule has 0 saturated carbocycles. The molecule has 0 fully saturated rings. The van der Waals surface area contributed by atoms with Crippen LogP contribution in [0.3, 0.4) is 0 Å². The average molecular weight is 411 g/mol. The summed E-state index contributed by atoms with van der Waals surface area (Å²) in [5.41, 5.74) is 2.83. The maximum Gasteiger partial charge on any atom is 0.195 e. The van der Waals surface area contributed by atoms with Crippen LogP contribution in [-0.4, -0.2) is 25.3 Å². The molecule has 0 spiro atoms. The normalized spacial score (nSPS) is 12.0. The fourth-order valence-electron chi connectivity index (χ4n) is 2.90. The van der Waals surface area contributed by atoms with E-state index in [2.05, 4.69) is 28.8 Å². The van der Waals surface area contributed by atoms with Crippen molar-refractivity contribution in [3.63, 3.8) is 0 Å². The van der Waals surface area contributed by atoms with E-state index in [1.165, 1.54) is 29.4 Å². The predicted octanol–water partition coefficient (Wildman–Crippen LogP) is 6.33. The van der Waals surface area contributed by atoms with E-state index in [9.17, 15) is 0 Å². The molecule has 4 aromatic rings. The number of fused-ring (bicyclic) bond motifs is 3. The Hall–Kier alpha value is -2.17. The number of likely N-dealkylation sites (N-methyl/N-ethyl adjacent to an activating group) is 1. The van der Waals surface area contributed by atoms with Gasteiger partial charge in [-0.25, -0.2) is 4.85 Å². The Balaban J connectivity index is 1.72. The Kier molecular flexibility index (Phi) is 5.02. The summed E-state index contributed by atoms with van der Waals surface area (Å²) in [6.45, 7) is 10.4. The van der Waals surface area contributed by atoms with E-state index in [-0.39, 0.29) is 6.61 Å². The summed E-state index contributed by atoms with van der Waals surface area (Å²) in [5, 5.41) is 10.3. The van der Waals surface area contributed by atoms with E-state index in [0.717, 1.165) is 10.4 Å². The Labute approximate surface area is 170 Å². The average Bonchev–Trinajstić information content (AvgIpc) is 3.31. The molecule has 0 atom stereocenters. The number of hydrogen-bond acceptors (Lipinski definition) is 5. The number of aliphatic hydroxyl groups is 1. The fourth-order valence-corrected chi connectivity index (χ4v) is 6.85. The largest absolute Gasteiger partial charge is 0.395 e. The molecule has 27 heavy (non-hydrogen) atoms. The van der Waals surface area contributed by atoms with Crippen LogP contribution in [-0.2, 0) is 0 Å². The lowest BCUT2D eigenvalue weighted by molar-refractivity contribution is 0.304. The third kappa shape index (κ3) is 3.52. The maximum atomic E-state index is 9.15. The molecule has 0 amide bonds. The summed E-state index contributed by atoms with van der Waals surface area (Å²) in [5.74, 6) is 0. The van der Waals surface area contributed by atoms with E-state index in [1.54, 1.807) is 34.0 Å². The van der Waals surface area contributed by atoms with Crippen molar-refractivity contribution in [1.29, 1.82) is 0 Å². The molecular weight excluding hydrogens is 392 g/mol. The molecule has 3 heterocycles. The molecular formula is C21H18N2OS3. The Morgan fingerprint density at radius 3 is 2.52 bits per heavy atom. The van der Waals surface area contributed by atoms with Gasteiger partial charge in [-0.15, -0.1) is 34.0 Å². The van der Waals surface area contributed by atoms with Crippen molar-refractivity contribution in [1.82, 2.24) is 0 Å². The van der Waals surface area contributed by atoms with Gasteiger partial charge >= 0.3 is 0 Å². The molecule has 3 aromatic heterocycles. The quantitative estimate of drug-likeness (QED) is 0.389. The van der Waals surface area contributed by atoms with Crippen molar-refractivity contribution in [3.8, 4) is 0 Å². The van der Waals surface area contributed by atoms with Crippen LogP contribution in [0.5, 0.6) is 0 Å². The minimum Gasteiger partial charge on any atom is -0.395 e. The second-order valence-corrected chi connectivity index (χ2v) is 9.57. The zero-order valence-corrected chi connectivity index (χ0v) is 17.5. The number of benzene rings is 1. The molecule has 1 aromatic carbocycles. The van der Waals surface area contributed by atoms with Gasteiger partial charge in [-0.2, -0.15) is 0 Å². The Bertz CT molecular complexity index is 1170. The zero-order valence-electron chi connectivity index (χ0n) is 15.0. The van der Waals surface area contributed by atoms with Crippen molar-refractivity contribution >= 4 is 69.6 Å². The first kappa shape index (κ1) is 18.2. The summed E-state index contributed by atoms with van der Waals surface area (Å²) in [4.78, 5) is 6.94. The summed E-state index contributed by atoms with van der Waals surface area (Å²) >= 11 is 5.31.